The molecule has 0 spiro atoms. The van der Waals surface area contributed by atoms with E-state index in [1.54, 1.807) is 12.1 Å². The van der Waals surface area contributed by atoms with Crippen LogP contribution in [0.3, 0.4) is 0 Å². The number of para-hydroxylation sites is 1. The number of halogens is 1. The fourth-order valence-electron chi connectivity index (χ4n) is 3.21. The van der Waals surface area contributed by atoms with E-state index in [1.165, 1.54) is 49.6 Å². The predicted molar refractivity (Wildman–Crippen MR) is 118 cm³/mol. The van der Waals surface area contributed by atoms with E-state index in [1.807, 2.05) is 19.9 Å². The molecule has 0 saturated carbocycles. The molecule has 0 bridgehead atoms. The summed E-state index contributed by atoms with van der Waals surface area (Å²) in [6, 6.07) is 16.6. The Hall–Kier alpha value is -3.39. The van der Waals surface area contributed by atoms with Gasteiger partial charge >= 0.3 is 0 Å². The van der Waals surface area contributed by atoms with Crippen molar-refractivity contribution in [2.45, 2.75) is 18.7 Å². The largest absolute Gasteiger partial charge is 0.497 e. The zero-order chi connectivity index (χ0) is 22.6. The Morgan fingerprint density at radius 3 is 2.19 bits per heavy atom. The van der Waals surface area contributed by atoms with Gasteiger partial charge in [0.1, 0.15) is 18.1 Å². The average molecular weight is 443 g/mol. The quantitative estimate of drug-likeness (QED) is 0.592. The van der Waals surface area contributed by atoms with Crippen molar-refractivity contribution in [2.75, 3.05) is 23.3 Å². The van der Waals surface area contributed by atoms with Crippen LogP contribution in [-0.4, -0.2) is 28.0 Å². The van der Waals surface area contributed by atoms with E-state index in [0.717, 1.165) is 21.5 Å². The van der Waals surface area contributed by atoms with Gasteiger partial charge in [0.25, 0.3) is 10.0 Å². The molecule has 0 heterocycles. The lowest BCUT2D eigenvalue weighted by Crippen LogP contribution is -2.38. The number of nitrogens with zero attached hydrogens (tertiary/aromatic N) is 1. The molecule has 162 valence electrons. The number of hydrogen-bond donors (Lipinski definition) is 1. The molecule has 0 unspecified atom stereocenters. The summed E-state index contributed by atoms with van der Waals surface area (Å²) in [4.78, 5) is 12.7. The Bertz CT molecular complexity index is 1170. The Morgan fingerprint density at radius 1 is 1.00 bits per heavy atom. The Balaban J connectivity index is 1.96. The van der Waals surface area contributed by atoms with Gasteiger partial charge in [-0.2, -0.15) is 0 Å². The number of rotatable bonds is 7. The summed E-state index contributed by atoms with van der Waals surface area (Å²) in [6.07, 6.45) is 0. The number of ether oxygens (including phenoxy) is 1. The highest BCUT2D eigenvalue weighted by atomic mass is 32.2. The minimum Gasteiger partial charge on any atom is -0.497 e. The molecule has 0 radical (unpaired) electrons. The molecule has 0 fully saturated rings. The second-order valence-electron chi connectivity index (χ2n) is 7.06. The zero-order valence-corrected chi connectivity index (χ0v) is 18.2. The van der Waals surface area contributed by atoms with Gasteiger partial charge in [-0.25, -0.2) is 12.8 Å². The van der Waals surface area contributed by atoms with Gasteiger partial charge in [-0.1, -0.05) is 18.2 Å². The third kappa shape index (κ3) is 5.21. The average Bonchev–Trinajstić information content (AvgIpc) is 2.72. The van der Waals surface area contributed by atoms with Crippen LogP contribution in [0.15, 0.2) is 71.6 Å². The van der Waals surface area contributed by atoms with Crippen LogP contribution in [0.2, 0.25) is 0 Å². The maximum atomic E-state index is 14.5. The van der Waals surface area contributed by atoms with Crippen LogP contribution < -0.4 is 14.4 Å². The van der Waals surface area contributed by atoms with Crippen LogP contribution in [0, 0.1) is 19.7 Å². The highest BCUT2D eigenvalue weighted by molar-refractivity contribution is 7.92. The smallest absolute Gasteiger partial charge is 0.264 e. The predicted octanol–water partition coefficient (Wildman–Crippen LogP) is 4.29. The SMILES string of the molecule is COc1ccc(S(=O)(=O)N(CC(=O)Nc2cc(C)cc(C)c2)c2ccccc2F)cc1. The van der Waals surface area contributed by atoms with E-state index in [2.05, 4.69) is 5.32 Å². The number of amides is 1. The normalized spacial score (nSPS) is 11.1. The highest BCUT2D eigenvalue weighted by Gasteiger charge is 2.29. The molecule has 6 nitrogen and oxygen atoms in total. The van der Waals surface area contributed by atoms with Crippen molar-refractivity contribution in [1.82, 2.24) is 0 Å². The molecule has 8 heteroatoms. The van der Waals surface area contributed by atoms with Gasteiger partial charge in [-0.05, 0) is 73.5 Å². The monoisotopic (exact) mass is 442 g/mol. The summed E-state index contributed by atoms with van der Waals surface area (Å²) in [5.41, 5.74) is 2.23. The minimum absolute atomic E-state index is 0.0873. The molecule has 0 aromatic heterocycles. The van der Waals surface area contributed by atoms with Crippen molar-refractivity contribution < 1.29 is 22.3 Å². The lowest BCUT2D eigenvalue weighted by molar-refractivity contribution is -0.114. The summed E-state index contributed by atoms with van der Waals surface area (Å²) >= 11 is 0. The van der Waals surface area contributed by atoms with Crippen LogP contribution in [0.1, 0.15) is 11.1 Å². The Labute approximate surface area is 181 Å². The van der Waals surface area contributed by atoms with Crippen LogP contribution in [0.5, 0.6) is 5.75 Å². The van der Waals surface area contributed by atoms with Crippen LogP contribution in [0.4, 0.5) is 15.8 Å². The maximum absolute atomic E-state index is 14.5. The molecule has 3 aromatic rings. The fourth-order valence-corrected chi connectivity index (χ4v) is 4.64. The number of carbonyl (C=O) groups excluding carboxylic acids is 1. The van der Waals surface area contributed by atoms with Gasteiger partial charge in [-0.3, -0.25) is 9.10 Å². The number of sulfonamides is 1. The molecule has 3 rings (SSSR count). The second kappa shape index (κ2) is 9.18. The third-order valence-corrected chi connectivity index (χ3v) is 6.34. The van der Waals surface area contributed by atoms with Gasteiger partial charge in [-0.15, -0.1) is 0 Å². The summed E-state index contributed by atoms with van der Waals surface area (Å²) in [7, 11) is -2.76. The summed E-state index contributed by atoms with van der Waals surface area (Å²) < 4.78 is 47.0. The van der Waals surface area contributed by atoms with Gasteiger partial charge in [0.05, 0.1) is 17.7 Å². The first kappa shape index (κ1) is 22.3. The molecule has 0 atom stereocenters. The molecule has 0 saturated heterocycles. The number of carbonyl (C=O) groups is 1. The van der Waals surface area contributed by atoms with E-state index >= 15 is 0 Å². The number of anilines is 2. The second-order valence-corrected chi connectivity index (χ2v) is 8.93. The van der Waals surface area contributed by atoms with Crippen LogP contribution in [0.25, 0.3) is 0 Å². The molecule has 1 N–H and O–H groups in total. The molecular formula is C23H23FN2O4S. The van der Waals surface area contributed by atoms with E-state index < -0.39 is 28.3 Å². The fraction of sp³-hybridized carbons (Fsp3) is 0.174. The zero-order valence-electron chi connectivity index (χ0n) is 17.4. The van der Waals surface area contributed by atoms with E-state index in [9.17, 15) is 17.6 Å². The third-order valence-electron chi connectivity index (χ3n) is 4.56. The summed E-state index contributed by atoms with van der Waals surface area (Å²) in [6.45, 7) is 3.19. The van der Waals surface area contributed by atoms with Gasteiger partial charge in [0.2, 0.25) is 5.91 Å². The van der Waals surface area contributed by atoms with Crippen LogP contribution in [-0.2, 0) is 14.8 Å². The Kier molecular flexibility index (Phi) is 6.60. The van der Waals surface area contributed by atoms with E-state index in [0.29, 0.717) is 11.4 Å². The molecule has 0 aliphatic heterocycles. The number of hydrogen-bond acceptors (Lipinski definition) is 4. The van der Waals surface area contributed by atoms with E-state index in [4.69, 9.17) is 4.74 Å². The first-order valence-electron chi connectivity index (χ1n) is 9.50. The minimum atomic E-state index is -4.23. The van der Waals surface area contributed by atoms with Gasteiger partial charge < -0.3 is 10.1 Å². The molecule has 31 heavy (non-hydrogen) atoms. The topological polar surface area (TPSA) is 75.7 Å². The number of aryl methyl sites for hydroxylation is 2. The highest BCUT2D eigenvalue weighted by Crippen LogP contribution is 2.27. The standard InChI is InChI=1S/C23H23FN2O4S/c1-16-12-17(2)14-18(13-16)25-23(27)15-26(22-7-5-4-6-21(22)24)31(28,29)20-10-8-19(30-3)9-11-20/h4-14H,15H2,1-3H3,(H,25,27). The van der Waals surface area contributed by atoms with Crippen molar-refractivity contribution in [2.24, 2.45) is 0 Å². The lowest BCUT2D eigenvalue weighted by atomic mass is 10.1. The number of methoxy groups -OCH3 is 1. The molecule has 1 amide bonds. The summed E-state index contributed by atoms with van der Waals surface area (Å²) in [5.74, 6) is -0.868. The van der Waals surface area contributed by atoms with Crippen molar-refractivity contribution >= 4 is 27.3 Å². The van der Waals surface area contributed by atoms with E-state index in [-0.39, 0.29) is 10.6 Å². The van der Waals surface area contributed by atoms with Gasteiger partial charge in [0.15, 0.2) is 0 Å². The van der Waals surface area contributed by atoms with Crippen molar-refractivity contribution in [3.05, 3.63) is 83.7 Å². The lowest BCUT2D eigenvalue weighted by Gasteiger charge is -2.24. The van der Waals surface area contributed by atoms with Gasteiger partial charge in [0, 0.05) is 5.69 Å². The summed E-state index contributed by atoms with van der Waals surface area (Å²) in [5, 5.41) is 2.70. The maximum Gasteiger partial charge on any atom is 0.264 e. The Morgan fingerprint density at radius 2 is 1.61 bits per heavy atom. The first-order valence-corrected chi connectivity index (χ1v) is 10.9. The van der Waals surface area contributed by atoms with Crippen LogP contribution >= 0.6 is 0 Å². The first-order chi connectivity index (χ1) is 14.7. The molecular weight excluding hydrogens is 419 g/mol. The molecule has 0 aliphatic carbocycles. The molecule has 3 aromatic carbocycles. The number of nitrogens with one attached hydrogen (secondary N) is 1. The van der Waals surface area contributed by atoms with Crippen molar-refractivity contribution in [1.29, 1.82) is 0 Å². The number of benzene rings is 3. The molecule has 0 aliphatic rings. The van der Waals surface area contributed by atoms with Crippen molar-refractivity contribution in [3.8, 4) is 5.75 Å². The van der Waals surface area contributed by atoms with Crippen molar-refractivity contribution in [3.63, 3.8) is 0 Å².